The van der Waals surface area contributed by atoms with Gasteiger partial charge in [-0.3, -0.25) is 14.4 Å². The summed E-state index contributed by atoms with van der Waals surface area (Å²) in [6, 6.07) is 12.0. The molecule has 0 saturated heterocycles. The number of nitrogens with zero attached hydrogens (tertiary/aromatic N) is 1. The van der Waals surface area contributed by atoms with Gasteiger partial charge in [-0.25, -0.2) is 0 Å². The fourth-order valence-corrected chi connectivity index (χ4v) is 3.23. The fraction of sp³-hybridized carbons (Fsp3) is 0.316. The minimum absolute atomic E-state index is 0.302. The van der Waals surface area contributed by atoms with Crippen LogP contribution in [0.3, 0.4) is 0 Å². The van der Waals surface area contributed by atoms with Gasteiger partial charge in [0.05, 0.1) is 4.88 Å². The molecule has 0 saturated carbocycles. The number of hydrogen-bond donors (Lipinski definition) is 2. The average Bonchev–Trinajstić information content (AvgIpc) is 3.15. The average molecular weight is 374 g/mol. The van der Waals surface area contributed by atoms with E-state index in [1.807, 2.05) is 37.3 Å². The van der Waals surface area contributed by atoms with E-state index >= 15 is 0 Å². The summed E-state index contributed by atoms with van der Waals surface area (Å²) in [6.45, 7) is 1.82. The maximum absolute atomic E-state index is 12.9. The summed E-state index contributed by atoms with van der Waals surface area (Å²) in [6.07, 6.45) is 0.937. The van der Waals surface area contributed by atoms with Gasteiger partial charge in [-0.15, -0.1) is 11.3 Å². The Labute approximate surface area is 156 Å². The monoisotopic (exact) mass is 374 g/mol. The highest BCUT2D eigenvalue weighted by Gasteiger charge is 2.27. The van der Waals surface area contributed by atoms with Crippen LogP contribution in [-0.2, 0) is 16.0 Å². The maximum atomic E-state index is 12.9. The van der Waals surface area contributed by atoms with Crippen molar-refractivity contribution in [2.24, 2.45) is 0 Å². The number of carbonyl (C=O) groups is 3. The number of benzene rings is 1. The topological polar surface area (TPSA) is 86.7 Å². The maximum Gasteiger partial charge on any atom is 0.323 e. The van der Waals surface area contributed by atoms with Crippen molar-refractivity contribution in [3.05, 3.63) is 58.3 Å². The van der Waals surface area contributed by atoms with E-state index < -0.39 is 12.0 Å². The summed E-state index contributed by atoms with van der Waals surface area (Å²) < 4.78 is 0. The molecular weight excluding hydrogens is 352 g/mol. The molecule has 0 aliphatic carbocycles. The van der Waals surface area contributed by atoms with Crippen LogP contribution < -0.4 is 5.32 Å². The third-order valence-electron chi connectivity index (χ3n) is 3.76. The lowest BCUT2D eigenvalue weighted by Crippen LogP contribution is -2.51. The number of rotatable bonds is 9. The summed E-state index contributed by atoms with van der Waals surface area (Å²) >= 11 is 1.29. The zero-order valence-corrected chi connectivity index (χ0v) is 15.4. The third kappa shape index (κ3) is 5.70. The lowest BCUT2D eigenvalue weighted by Gasteiger charge is -2.26. The van der Waals surface area contributed by atoms with Gasteiger partial charge >= 0.3 is 5.97 Å². The Morgan fingerprint density at radius 1 is 1.15 bits per heavy atom. The molecule has 1 aromatic carbocycles. The normalized spacial score (nSPS) is 11.6. The number of thiophene rings is 1. The molecular formula is C19H22N2O4S. The van der Waals surface area contributed by atoms with Gasteiger partial charge in [-0.1, -0.05) is 43.3 Å². The Morgan fingerprint density at radius 2 is 1.88 bits per heavy atom. The summed E-state index contributed by atoms with van der Waals surface area (Å²) in [5.41, 5.74) is 0.893. The van der Waals surface area contributed by atoms with Crippen LogP contribution in [0.25, 0.3) is 0 Å². The summed E-state index contributed by atoms with van der Waals surface area (Å²) in [5.74, 6) is -1.79. The van der Waals surface area contributed by atoms with Crippen LogP contribution in [-0.4, -0.2) is 46.9 Å². The SMILES string of the molecule is CCCN(CC(=O)O)C(=O)C(Cc1ccccc1)NC(=O)c1cccs1. The standard InChI is InChI=1S/C19H22N2O4S/c1-2-10-21(13-17(22)23)19(25)15(12-14-7-4-3-5-8-14)20-18(24)16-9-6-11-26-16/h3-9,11,15H,2,10,12-13H2,1H3,(H,20,24)(H,22,23). The molecule has 0 fully saturated rings. The Kier molecular flexibility index (Phi) is 7.35. The van der Waals surface area contributed by atoms with Crippen LogP contribution >= 0.6 is 11.3 Å². The van der Waals surface area contributed by atoms with E-state index in [4.69, 9.17) is 5.11 Å². The van der Waals surface area contributed by atoms with E-state index in [-0.39, 0.29) is 18.4 Å². The largest absolute Gasteiger partial charge is 0.480 e. The van der Waals surface area contributed by atoms with Crippen LogP contribution in [0.5, 0.6) is 0 Å². The molecule has 1 heterocycles. The predicted octanol–water partition coefficient (Wildman–Crippen LogP) is 2.41. The molecule has 26 heavy (non-hydrogen) atoms. The Hall–Kier alpha value is -2.67. The zero-order chi connectivity index (χ0) is 18.9. The van der Waals surface area contributed by atoms with E-state index in [0.717, 1.165) is 5.56 Å². The molecule has 1 aromatic heterocycles. The predicted molar refractivity (Wildman–Crippen MR) is 100 cm³/mol. The first-order valence-electron chi connectivity index (χ1n) is 8.40. The Bertz CT molecular complexity index is 731. The molecule has 2 rings (SSSR count). The second-order valence-electron chi connectivity index (χ2n) is 5.85. The van der Waals surface area contributed by atoms with Gasteiger partial charge < -0.3 is 15.3 Å². The first-order valence-corrected chi connectivity index (χ1v) is 9.28. The highest BCUT2D eigenvalue weighted by molar-refractivity contribution is 7.12. The minimum atomic E-state index is -1.07. The molecule has 138 valence electrons. The van der Waals surface area contributed by atoms with Crippen molar-refractivity contribution < 1.29 is 19.5 Å². The molecule has 0 aliphatic rings. The second kappa shape index (κ2) is 9.72. The molecule has 2 N–H and O–H groups in total. The van der Waals surface area contributed by atoms with E-state index in [1.54, 1.807) is 17.5 Å². The first kappa shape index (κ1) is 19.7. The van der Waals surface area contributed by atoms with Gasteiger partial charge in [-0.05, 0) is 23.4 Å². The Balaban J connectivity index is 2.21. The van der Waals surface area contributed by atoms with Crippen LogP contribution in [0, 0.1) is 0 Å². The summed E-state index contributed by atoms with van der Waals surface area (Å²) in [4.78, 5) is 38.2. The van der Waals surface area contributed by atoms with Crippen molar-refractivity contribution in [2.75, 3.05) is 13.1 Å². The molecule has 1 unspecified atom stereocenters. The second-order valence-corrected chi connectivity index (χ2v) is 6.79. The highest BCUT2D eigenvalue weighted by Crippen LogP contribution is 2.11. The first-order chi connectivity index (χ1) is 12.5. The molecule has 0 radical (unpaired) electrons. The molecule has 0 aliphatic heterocycles. The van der Waals surface area contributed by atoms with E-state index in [0.29, 0.717) is 24.3 Å². The number of nitrogens with one attached hydrogen (secondary N) is 1. The van der Waals surface area contributed by atoms with Crippen molar-refractivity contribution in [3.63, 3.8) is 0 Å². The van der Waals surface area contributed by atoms with Gasteiger partial charge in [0.15, 0.2) is 0 Å². The third-order valence-corrected chi connectivity index (χ3v) is 4.63. The van der Waals surface area contributed by atoms with Gasteiger partial charge in [0.2, 0.25) is 5.91 Å². The smallest absolute Gasteiger partial charge is 0.323 e. The molecule has 2 aromatic rings. The number of amides is 2. The number of aliphatic carboxylic acids is 1. The fourth-order valence-electron chi connectivity index (χ4n) is 2.61. The van der Waals surface area contributed by atoms with Crippen LogP contribution in [0.2, 0.25) is 0 Å². The van der Waals surface area contributed by atoms with E-state index in [9.17, 15) is 14.4 Å². The lowest BCUT2D eigenvalue weighted by molar-refractivity contribution is -0.145. The number of carboxylic acid groups (broad SMARTS) is 1. The summed E-state index contributed by atoms with van der Waals surface area (Å²) in [5, 5.41) is 13.6. The van der Waals surface area contributed by atoms with Crippen molar-refractivity contribution in [2.45, 2.75) is 25.8 Å². The van der Waals surface area contributed by atoms with Gasteiger partial charge in [0.25, 0.3) is 5.91 Å². The minimum Gasteiger partial charge on any atom is -0.480 e. The molecule has 1 atom stereocenters. The number of carbonyl (C=O) groups excluding carboxylic acids is 2. The van der Waals surface area contributed by atoms with E-state index in [1.165, 1.54) is 16.2 Å². The van der Waals surface area contributed by atoms with Crippen LogP contribution in [0.15, 0.2) is 47.8 Å². The van der Waals surface area contributed by atoms with Gasteiger partial charge in [-0.2, -0.15) is 0 Å². The molecule has 0 bridgehead atoms. The molecule has 0 spiro atoms. The number of carboxylic acids is 1. The van der Waals surface area contributed by atoms with Crippen LogP contribution in [0.4, 0.5) is 0 Å². The van der Waals surface area contributed by atoms with Crippen molar-refractivity contribution in [1.82, 2.24) is 10.2 Å². The lowest BCUT2D eigenvalue weighted by atomic mass is 10.0. The van der Waals surface area contributed by atoms with Crippen molar-refractivity contribution >= 4 is 29.1 Å². The summed E-state index contributed by atoms with van der Waals surface area (Å²) in [7, 11) is 0. The molecule has 2 amide bonds. The van der Waals surface area contributed by atoms with Crippen LogP contribution in [0.1, 0.15) is 28.6 Å². The van der Waals surface area contributed by atoms with E-state index in [2.05, 4.69) is 5.32 Å². The molecule has 7 heteroatoms. The van der Waals surface area contributed by atoms with Crippen molar-refractivity contribution in [3.8, 4) is 0 Å². The van der Waals surface area contributed by atoms with Gasteiger partial charge in [0.1, 0.15) is 12.6 Å². The van der Waals surface area contributed by atoms with Gasteiger partial charge in [0, 0.05) is 13.0 Å². The van der Waals surface area contributed by atoms with Crippen molar-refractivity contribution in [1.29, 1.82) is 0 Å². The Morgan fingerprint density at radius 3 is 2.46 bits per heavy atom. The molecule has 6 nitrogen and oxygen atoms in total. The zero-order valence-electron chi connectivity index (χ0n) is 14.6. The highest BCUT2D eigenvalue weighted by atomic mass is 32.1. The number of hydrogen-bond acceptors (Lipinski definition) is 4. The quantitative estimate of drug-likeness (QED) is 0.706.